The fraction of sp³-hybridized carbons (Fsp3) is 0.500. The monoisotopic (exact) mass is 321 g/mol. The number of hydrogen-bond donors (Lipinski definition) is 1. The Morgan fingerprint density at radius 3 is 2.90 bits per heavy atom. The molecule has 0 bridgehead atoms. The Bertz CT molecular complexity index is 651. The molecule has 21 heavy (non-hydrogen) atoms. The van der Waals surface area contributed by atoms with E-state index < -0.39 is 0 Å². The average Bonchev–Trinajstić information content (AvgIpc) is 2.84. The van der Waals surface area contributed by atoms with Crippen molar-refractivity contribution in [3.8, 4) is 10.7 Å². The number of halogens is 1. The van der Waals surface area contributed by atoms with E-state index in [0.29, 0.717) is 6.04 Å². The van der Waals surface area contributed by atoms with Crippen LogP contribution in [-0.2, 0) is 6.42 Å². The molecule has 3 rings (SSSR count). The summed E-state index contributed by atoms with van der Waals surface area (Å²) in [6, 6.07) is 4.25. The number of hydrogen-bond acceptors (Lipinski definition) is 4. The van der Waals surface area contributed by atoms with E-state index in [1.165, 1.54) is 22.6 Å². The maximum atomic E-state index is 6.02. The van der Waals surface area contributed by atoms with Gasteiger partial charge in [0.2, 0.25) is 0 Å². The predicted molar refractivity (Wildman–Crippen MR) is 88.9 cm³/mol. The molecular weight excluding hydrogens is 302 g/mol. The van der Waals surface area contributed by atoms with Crippen LogP contribution in [0, 0.1) is 5.41 Å². The van der Waals surface area contributed by atoms with Gasteiger partial charge in [-0.3, -0.25) is 0 Å². The Kier molecular flexibility index (Phi) is 4.04. The Balaban J connectivity index is 2.00. The van der Waals surface area contributed by atoms with Crippen LogP contribution in [0.4, 0.5) is 0 Å². The lowest BCUT2D eigenvalue weighted by atomic mass is 9.74. The van der Waals surface area contributed by atoms with Crippen LogP contribution in [0.3, 0.4) is 0 Å². The molecule has 0 radical (unpaired) electrons. The summed E-state index contributed by atoms with van der Waals surface area (Å²) >= 11 is 7.54. The normalized spacial score (nSPS) is 20.3. The quantitative estimate of drug-likeness (QED) is 0.905. The second-order valence-electron chi connectivity index (χ2n) is 6.35. The van der Waals surface area contributed by atoms with E-state index in [9.17, 15) is 0 Å². The smallest absolute Gasteiger partial charge is 0.169 e. The molecular formula is C16H20ClN3S. The van der Waals surface area contributed by atoms with Crippen LogP contribution in [0.5, 0.6) is 0 Å². The second-order valence-corrected chi connectivity index (χ2v) is 8.07. The lowest BCUT2D eigenvalue weighted by Gasteiger charge is -2.36. The molecule has 5 heteroatoms. The molecule has 2 aromatic rings. The third kappa shape index (κ3) is 3.12. The van der Waals surface area contributed by atoms with Crippen LogP contribution in [0.2, 0.25) is 4.34 Å². The van der Waals surface area contributed by atoms with Gasteiger partial charge in [-0.15, -0.1) is 11.3 Å². The van der Waals surface area contributed by atoms with Crippen LogP contribution >= 0.6 is 22.9 Å². The standard InChI is InChI=1S/C16H20ClN3S/c1-4-18-11-7-16(2,3)8-12-10(11)9-19-15(20-12)13-5-6-14(17)21-13/h5-6,9,11,18H,4,7-8H2,1-3H3. The summed E-state index contributed by atoms with van der Waals surface area (Å²) in [6.07, 6.45) is 4.12. The summed E-state index contributed by atoms with van der Waals surface area (Å²) in [5, 5.41) is 3.56. The van der Waals surface area contributed by atoms with E-state index in [-0.39, 0.29) is 5.41 Å². The first-order chi connectivity index (χ1) is 9.98. The van der Waals surface area contributed by atoms with E-state index in [1.54, 1.807) is 0 Å². The molecule has 0 saturated carbocycles. The number of nitrogens with zero attached hydrogens (tertiary/aromatic N) is 2. The van der Waals surface area contributed by atoms with Crippen molar-refractivity contribution in [3.05, 3.63) is 33.9 Å². The van der Waals surface area contributed by atoms with Gasteiger partial charge in [-0.05, 0) is 36.9 Å². The minimum atomic E-state index is 0.262. The maximum Gasteiger partial charge on any atom is 0.169 e. The SMILES string of the molecule is CCNC1CC(C)(C)Cc2nc(-c3ccc(Cl)s3)ncc21. The Morgan fingerprint density at radius 1 is 1.43 bits per heavy atom. The van der Waals surface area contributed by atoms with Gasteiger partial charge in [0, 0.05) is 23.5 Å². The Labute approximate surface area is 134 Å². The average molecular weight is 322 g/mol. The molecule has 112 valence electrons. The topological polar surface area (TPSA) is 37.8 Å². The molecule has 0 fully saturated rings. The molecule has 2 aromatic heterocycles. The number of nitrogens with one attached hydrogen (secondary N) is 1. The fourth-order valence-corrected chi connectivity index (χ4v) is 4.01. The zero-order chi connectivity index (χ0) is 15.0. The van der Waals surface area contributed by atoms with E-state index in [2.05, 4.69) is 31.1 Å². The minimum absolute atomic E-state index is 0.262. The number of fused-ring (bicyclic) bond motifs is 1. The van der Waals surface area contributed by atoms with Crippen molar-refractivity contribution in [2.45, 2.75) is 39.7 Å². The molecule has 2 heterocycles. The third-order valence-corrected chi connectivity index (χ3v) is 5.15. The molecule has 0 spiro atoms. The van der Waals surface area contributed by atoms with Crippen LogP contribution in [0.1, 0.15) is 44.5 Å². The van der Waals surface area contributed by atoms with Crippen molar-refractivity contribution < 1.29 is 0 Å². The van der Waals surface area contributed by atoms with Gasteiger partial charge in [-0.2, -0.15) is 0 Å². The molecule has 0 amide bonds. The largest absolute Gasteiger partial charge is 0.310 e. The van der Waals surface area contributed by atoms with E-state index in [0.717, 1.165) is 34.4 Å². The predicted octanol–water partition coefficient (Wildman–Crippen LogP) is 4.48. The molecule has 1 aliphatic carbocycles. The highest BCUT2D eigenvalue weighted by molar-refractivity contribution is 7.19. The molecule has 1 atom stereocenters. The zero-order valence-electron chi connectivity index (χ0n) is 12.6. The van der Waals surface area contributed by atoms with Crippen molar-refractivity contribution >= 4 is 22.9 Å². The van der Waals surface area contributed by atoms with Crippen LogP contribution in [0.15, 0.2) is 18.3 Å². The third-order valence-electron chi connectivity index (χ3n) is 3.92. The number of rotatable bonds is 3. The fourth-order valence-electron chi connectivity index (χ4n) is 3.03. The van der Waals surface area contributed by atoms with Gasteiger partial charge in [-0.1, -0.05) is 32.4 Å². The second kappa shape index (κ2) is 5.67. The molecule has 1 unspecified atom stereocenters. The van der Waals surface area contributed by atoms with Crippen LogP contribution in [-0.4, -0.2) is 16.5 Å². The summed E-state index contributed by atoms with van der Waals surface area (Å²) in [6.45, 7) is 7.72. The summed E-state index contributed by atoms with van der Waals surface area (Å²) < 4.78 is 0.775. The first kappa shape index (κ1) is 14.9. The van der Waals surface area contributed by atoms with Crippen molar-refractivity contribution in [2.75, 3.05) is 6.54 Å². The van der Waals surface area contributed by atoms with Gasteiger partial charge in [0.05, 0.1) is 9.21 Å². The van der Waals surface area contributed by atoms with Gasteiger partial charge in [-0.25, -0.2) is 9.97 Å². The van der Waals surface area contributed by atoms with Gasteiger partial charge < -0.3 is 5.32 Å². The van der Waals surface area contributed by atoms with Crippen molar-refractivity contribution in [1.29, 1.82) is 0 Å². The van der Waals surface area contributed by atoms with Crippen molar-refractivity contribution in [2.24, 2.45) is 5.41 Å². The molecule has 0 aromatic carbocycles. The van der Waals surface area contributed by atoms with Gasteiger partial charge in [0.1, 0.15) is 0 Å². The molecule has 1 aliphatic rings. The van der Waals surface area contributed by atoms with Crippen LogP contribution in [0.25, 0.3) is 10.7 Å². The lowest BCUT2D eigenvalue weighted by molar-refractivity contribution is 0.255. The van der Waals surface area contributed by atoms with Crippen molar-refractivity contribution in [3.63, 3.8) is 0 Å². The molecule has 3 nitrogen and oxygen atoms in total. The van der Waals surface area contributed by atoms with E-state index in [4.69, 9.17) is 16.6 Å². The van der Waals surface area contributed by atoms with Gasteiger partial charge in [0.25, 0.3) is 0 Å². The van der Waals surface area contributed by atoms with Gasteiger partial charge in [0.15, 0.2) is 5.82 Å². The summed E-state index contributed by atoms with van der Waals surface area (Å²) in [5.74, 6) is 0.790. The van der Waals surface area contributed by atoms with Crippen LogP contribution < -0.4 is 5.32 Å². The van der Waals surface area contributed by atoms with Crippen molar-refractivity contribution in [1.82, 2.24) is 15.3 Å². The maximum absolute atomic E-state index is 6.02. The number of thiophene rings is 1. The van der Waals surface area contributed by atoms with E-state index in [1.807, 2.05) is 18.3 Å². The Morgan fingerprint density at radius 2 is 2.24 bits per heavy atom. The first-order valence-corrected chi connectivity index (χ1v) is 8.53. The molecule has 0 saturated heterocycles. The highest BCUT2D eigenvalue weighted by Crippen LogP contribution is 2.40. The first-order valence-electron chi connectivity index (χ1n) is 7.33. The lowest BCUT2D eigenvalue weighted by Crippen LogP contribution is -2.34. The molecule has 0 aliphatic heterocycles. The zero-order valence-corrected chi connectivity index (χ0v) is 14.2. The highest BCUT2D eigenvalue weighted by atomic mass is 35.5. The minimum Gasteiger partial charge on any atom is -0.310 e. The summed E-state index contributed by atoms with van der Waals surface area (Å²) in [5.41, 5.74) is 2.69. The van der Waals surface area contributed by atoms with Gasteiger partial charge >= 0.3 is 0 Å². The number of aromatic nitrogens is 2. The summed E-state index contributed by atoms with van der Waals surface area (Å²) in [7, 11) is 0. The Hall–Kier alpha value is -0.970. The summed E-state index contributed by atoms with van der Waals surface area (Å²) in [4.78, 5) is 10.4. The van der Waals surface area contributed by atoms with E-state index >= 15 is 0 Å². The molecule has 1 N–H and O–H groups in total. The highest BCUT2D eigenvalue weighted by Gasteiger charge is 2.33.